The molecule has 1 unspecified atom stereocenters. The van der Waals surface area contributed by atoms with Crippen molar-refractivity contribution in [1.82, 2.24) is 0 Å². The predicted octanol–water partition coefficient (Wildman–Crippen LogP) is 1.78. The van der Waals surface area contributed by atoms with Gasteiger partial charge in [-0.3, -0.25) is 0 Å². The second-order valence-corrected chi connectivity index (χ2v) is 6.44. The van der Waals surface area contributed by atoms with Crippen LogP contribution in [0.3, 0.4) is 0 Å². The van der Waals surface area contributed by atoms with E-state index in [9.17, 15) is 8.42 Å². The van der Waals surface area contributed by atoms with Crippen LogP contribution in [0.25, 0.3) is 0 Å². The molecule has 0 saturated carbocycles. The number of rotatable bonds is 1. The zero-order valence-electron chi connectivity index (χ0n) is 9.82. The maximum absolute atomic E-state index is 12.1. The molecule has 1 aromatic rings. The second kappa shape index (κ2) is 4.04. The van der Waals surface area contributed by atoms with Gasteiger partial charge in [0.25, 0.3) is 0 Å². The summed E-state index contributed by atoms with van der Waals surface area (Å²) in [6.07, 6.45) is 0.200. The number of nitrogens with one attached hydrogen (secondary N) is 1. The third kappa shape index (κ3) is 2.13. The van der Waals surface area contributed by atoms with Crippen molar-refractivity contribution in [2.24, 2.45) is 0 Å². The van der Waals surface area contributed by atoms with Crippen molar-refractivity contribution >= 4 is 15.5 Å². The number of anilines is 1. The Morgan fingerprint density at radius 1 is 1.47 bits per heavy atom. The Hall–Kier alpha value is -1.54. The van der Waals surface area contributed by atoms with Crippen LogP contribution in [0.2, 0.25) is 0 Å². The molecular weight excluding hydrogens is 236 g/mol. The number of nitriles is 1. The molecule has 0 amide bonds. The van der Waals surface area contributed by atoms with Gasteiger partial charge in [0.05, 0.1) is 34.9 Å². The molecule has 90 valence electrons. The van der Waals surface area contributed by atoms with Gasteiger partial charge in [-0.25, -0.2) is 8.42 Å². The molecule has 1 aliphatic rings. The van der Waals surface area contributed by atoms with E-state index in [2.05, 4.69) is 5.32 Å². The summed E-state index contributed by atoms with van der Waals surface area (Å²) >= 11 is 0. The molecule has 2 rings (SSSR count). The van der Waals surface area contributed by atoms with E-state index in [0.29, 0.717) is 10.6 Å². The summed E-state index contributed by atoms with van der Waals surface area (Å²) in [6.45, 7) is 3.76. The van der Waals surface area contributed by atoms with Crippen molar-refractivity contribution in [3.8, 4) is 6.07 Å². The van der Waals surface area contributed by atoms with Crippen LogP contribution < -0.4 is 5.32 Å². The second-order valence-electron chi connectivity index (χ2n) is 4.44. The first-order valence-corrected chi connectivity index (χ1v) is 7.07. The van der Waals surface area contributed by atoms with E-state index in [4.69, 9.17) is 5.26 Å². The van der Waals surface area contributed by atoms with Crippen molar-refractivity contribution in [3.63, 3.8) is 0 Å². The first kappa shape index (κ1) is 11.9. The topological polar surface area (TPSA) is 70.0 Å². The van der Waals surface area contributed by atoms with Crippen molar-refractivity contribution < 1.29 is 8.42 Å². The highest BCUT2D eigenvalue weighted by Gasteiger charge is 2.30. The Labute approximate surface area is 101 Å². The summed E-state index contributed by atoms with van der Waals surface area (Å²) in [7, 11) is -3.27. The molecular formula is C12H14N2O2S. The molecule has 0 spiro atoms. The fourth-order valence-corrected chi connectivity index (χ4v) is 3.99. The van der Waals surface area contributed by atoms with E-state index in [0.717, 1.165) is 11.1 Å². The largest absolute Gasteiger partial charge is 0.379 e. The molecule has 17 heavy (non-hydrogen) atoms. The van der Waals surface area contributed by atoms with Gasteiger partial charge in [-0.2, -0.15) is 5.26 Å². The normalized spacial score (nSPS) is 21.1. The van der Waals surface area contributed by atoms with Gasteiger partial charge < -0.3 is 5.32 Å². The monoisotopic (exact) mass is 250 g/mol. The number of sulfone groups is 1. The van der Waals surface area contributed by atoms with Crippen LogP contribution in [0.4, 0.5) is 5.69 Å². The minimum atomic E-state index is -3.27. The van der Waals surface area contributed by atoms with E-state index in [-0.39, 0.29) is 18.2 Å². The van der Waals surface area contributed by atoms with Crippen LogP contribution in [0, 0.1) is 25.2 Å². The van der Waals surface area contributed by atoms with Gasteiger partial charge in [0.2, 0.25) is 0 Å². The van der Waals surface area contributed by atoms with E-state index in [1.807, 2.05) is 26.0 Å². The summed E-state index contributed by atoms with van der Waals surface area (Å²) < 4.78 is 24.2. The average Bonchev–Trinajstić information content (AvgIpc) is 2.20. The zero-order valence-corrected chi connectivity index (χ0v) is 10.6. The lowest BCUT2D eigenvalue weighted by atomic mass is 10.1. The quantitative estimate of drug-likeness (QED) is 0.825. The number of benzene rings is 1. The highest BCUT2D eigenvalue weighted by atomic mass is 32.2. The molecule has 1 N–H and O–H groups in total. The lowest BCUT2D eigenvalue weighted by Gasteiger charge is -2.27. The summed E-state index contributed by atoms with van der Waals surface area (Å²) in [5.74, 6) is -0.00352. The maximum Gasteiger partial charge on any atom is 0.182 e. The van der Waals surface area contributed by atoms with Crippen LogP contribution >= 0.6 is 0 Å². The van der Waals surface area contributed by atoms with Gasteiger partial charge in [0.1, 0.15) is 0 Å². The molecule has 0 bridgehead atoms. The molecule has 0 saturated heterocycles. The molecule has 0 aromatic heterocycles. The van der Waals surface area contributed by atoms with Gasteiger partial charge in [-0.05, 0) is 31.0 Å². The van der Waals surface area contributed by atoms with Gasteiger partial charge in [-0.15, -0.1) is 0 Å². The van der Waals surface area contributed by atoms with Crippen molar-refractivity contribution in [2.75, 3.05) is 11.1 Å². The number of aryl methyl sites for hydroxylation is 2. The number of fused-ring (bicyclic) bond motifs is 1. The SMILES string of the molecule is Cc1cc(C)c2c(c1)S(=O)(=O)CC(CC#N)N2. The van der Waals surface area contributed by atoms with Gasteiger partial charge in [0.15, 0.2) is 9.84 Å². The highest BCUT2D eigenvalue weighted by Crippen LogP contribution is 2.33. The summed E-state index contributed by atoms with van der Waals surface area (Å²) in [6, 6.07) is 5.33. The first-order valence-electron chi connectivity index (χ1n) is 5.41. The minimum absolute atomic E-state index is 0.00352. The molecule has 1 aromatic carbocycles. The minimum Gasteiger partial charge on any atom is -0.379 e. The van der Waals surface area contributed by atoms with Crippen LogP contribution in [0.5, 0.6) is 0 Å². The fraction of sp³-hybridized carbons (Fsp3) is 0.417. The molecule has 0 aliphatic carbocycles. The zero-order chi connectivity index (χ0) is 12.6. The standard InChI is InChI=1S/C12H14N2O2S/c1-8-5-9(2)12-11(6-8)17(15,16)7-10(14-12)3-4-13/h5-6,10,14H,3,7H2,1-2H3. The van der Waals surface area contributed by atoms with E-state index < -0.39 is 9.84 Å². The van der Waals surface area contributed by atoms with Crippen molar-refractivity contribution in [2.45, 2.75) is 31.2 Å². The van der Waals surface area contributed by atoms with Gasteiger partial charge >= 0.3 is 0 Å². The van der Waals surface area contributed by atoms with E-state index >= 15 is 0 Å². The summed E-state index contributed by atoms with van der Waals surface area (Å²) in [5.41, 5.74) is 2.50. The smallest absolute Gasteiger partial charge is 0.182 e. The van der Waals surface area contributed by atoms with Crippen molar-refractivity contribution in [3.05, 3.63) is 23.3 Å². The fourth-order valence-electron chi connectivity index (χ4n) is 2.18. The maximum atomic E-state index is 12.1. The van der Waals surface area contributed by atoms with E-state index in [1.165, 1.54) is 0 Å². The summed E-state index contributed by atoms with van der Waals surface area (Å²) in [5, 5.41) is 11.8. The van der Waals surface area contributed by atoms with Crippen LogP contribution in [-0.2, 0) is 9.84 Å². The number of nitrogens with zero attached hydrogens (tertiary/aromatic N) is 1. The molecule has 5 heteroatoms. The molecule has 0 fully saturated rings. The van der Waals surface area contributed by atoms with Gasteiger partial charge in [0, 0.05) is 0 Å². The Bertz CT molecular complexity index is 600. The Balaban J connectivity index is 2.58. The van der Waals surface area contributed by atoms with Crippen LogP contribution in [0.15, 0.2) is 17.0 Å². The summed E-state index contributed by atoms with van der Waals surface area (Å²) in [4.78, 5) is 0.365. The highest BCUT2D eigenvalue weighted by molar-refractivity contribution is 7.91. The lowest BCUT2D eigenvalue weighted by molar-refractivity contribution is 0.586. The average molecular weight is 250 g/mol. The molecule has 0 radical (unpaired) electrons. The Morgan fingerprint density at radius 2 is 2.18 bits per heavy atom. The molecule has 1 atom stereocenters. The Morgan fingerprint density at radius 3 is 2.82 bits per heavy atom. The first-order chi connectivity index (χ1) is 7.94. The van der Waals surface area contributed by atoms with Gasteiger partial charge in [-0.1, -0.05) is 6.07 Å². The lowest BCUT2D eigenvalue weighted by Crippen LogP contribution is -2.34. The number of hydrogen-bond donors (Lipinski definition) is 1. The van der Waals surface area contributed by atoms with Crippen LogP contribution in [0.1, 0.15) is 17.5 Å². The number of hydrogen-bond acceptors (Lipinski definition) is 4. The third-order valence-corrected chi connectivity index (χ3v) is 4.72. The molecule has 1 heterocycles. The molecule has 1 aliphatic heterocycles. The predicted molar refractivity (Wildman–Crippen MR) is 65.6 cm³/mol. The Kier molecular flexibility index (Phi) is 2.84. The third-order valence-electron chi connectivity index (χ3n) is 2.89. The van der Waals surface area contributed by atoms with E-state index in [1.54, 1.807) is 6.07 Å². The van der Waals surface area contributed by atoms with Crippen LogP contribution in [-0.4, -0.2) is 20.2 Å². The molecule has 4 nitrogen and oxygen atoms in total. The van der Waals surface area contributed by atoms with Crippen molar-refractivity contribution in [1.29, 1.82) is 5.26 Å².